The number of ether oxygens (including phenoxy) is 1. The molecule has 1 saturated heterocycles. The van der Waals surface area contributed by atoms with Gasteiger partial charge < -0.3 is 15.2 Å². The van der Waals surface area contributed by atoms with E-state index in [1.54, 1.807) is 0 Å². The van der Waals surface area contributed by atoms with Gasteiger partial charge in [0, 0.05) is 13.2 Å². The SMILES string of the molecule is CC1CCCC(O)(CNCCC2CCCO2)C1. The van der Waals surface area contributed by atoms with Gasteiger partial charge in [-0.05, 0) is 44.6 Å². The first kappa shape index (κ1) is 13.3. The number of nitrogens with one attached hydrogen (secondary N) is 1. The molecule has 2 aliphatic rings. The van der Waals surface area contributed by atoms with E-state index < -0.39 is 5.60 Å². The Morgan fingerprint density at radius 3 is 2.94 bits per heavy atom. The van der Waals surface area contributed by atoms with Crippen LogP contribution in [0.3, 0.4) is 0 Å². The molecule has 17 heavy (non-hydrogen) atoms. The van der Waals surface area contributed by atoms with Crippen LogP contribution in [0.2, 0.25) is 0 Å². The van der Waals surface area contributed by atoms with Crippen LogP contribution >= 0.6 is 0 Å². The van der Waals surface area contributed by atoms with Crippen molar-refractivity contribution in [1.82, 2.24) is 5.32 Å². The van der Waals surface area contributed by atoms with E-state index in [4.69, 9.17) is 4.74 Å². The van der Waals surface area contributed by atoms with E-state index in [1.807, 2.05) is 0 Å². The molecule has 0 amide bonds. The number of rotatable bonds is 5. The third kappa shape index (κ3) is 4.23. The van der Waals surface area contributed by atoms with Gasteiger partial charge in [0.1, 0.15) is 0 Å². The van der Waals surface area contributed by atoms with E-state index in [1.165, 1.54) is 25.7 Å². The molecule has 0 bridgehead atoms. The van der Waals surface area contributed by atoms with Crippen molar-refractivity contribution in [2.75, 3.05) is 19.7 Å². The second-order valence-electron chi connectivity index (χ2n) is 6.03. The van der Waals surface area contributed by atoms with Gasteiger partial charge in [0.05, 0.1) is 11.7 Å². The molecule has 0 radical (unpaired) electrons. The monoisotopic (exact) mass is 241 g/mol. The highest BCUT2D eigenvalue weighted by Crippen LogP contribution is 2.31. The zero-order chi connectivity index (χ0) is 12.1. The first-order valence-corrected chi connectivity index (χ1v) is 7.23. The molecule has 100 valence electrons. The van der Waals surface area contributed by atoms with Crippen LogP contribution in [0.4, 0.5) is 0 Å². The third-order valence-corrected chi connectivity index (χ3v) is 4.19. The normalized spacial score (nSPS) is 38.5. The number of hydrogen-bond donors (Lipinski definition) is 2. The Kier molecular flexibility index (Phi) is 4.83. The molecule has 2 fully saturated rings. The standard InChI is InChI=1S/C14H27NO2/c1-12-4-2-7-14(16,10-12)11-15-8-6-13-5-3-9-17-13/h12-13,15-16H,2-11H2,1H3. The van der Waals surface area contributed by atoms with Gasteiger partial charge in [-0.1, -0.05) is 19.8 Å². The Balaban J connectivity index is 1.60. The van der Waals surface area contributed by atoms with Crippen molar-refractivity contribution < 1.29 is 9.84 Å². The minimum absolute atomic E-state index is 0.450. The molecule has 1 saturated carbocycles. The summed E-state index contributed by atoms with van der Waals surface area (Å²) in [5, 5.41) is 13.9. The van der Waals surface area contributed by atoms with E-state index in [-0.39, 0.29) is 0 Å². The third-order valence-electron chi connectivity index (χ3n) is 4.19. The molecule has 1 heterocycles. The molecular formula is C14H27NO2. The molecular weight excluding hydrogens is 214 g/mol. The van der Waals surface area contributed by atoms with Crippen molar-refractivity contribution in [3.05, 3.63) is 0 Å². The van der Waals surface area contributed by atoms with Crippen LogP contribution < -0.4 is 5.32 Å². The van der Waals surface area contributed by atoms with Gasteiger partial charge in [0.2, 0.25) is 0 Å². The second kappa shape index (κ2) is 6.17. The largest absolute Gasteiger partial charge is 0.389 e. The molecule has 2 rings (SSSR count). The summed E-state index contributed by atoms with van der Waals surface area (Å²) in [5.41, 5.74) is -0.450. The summed E-state index contributed by atoms with van der Waals surface area (Å²) in [7, 11) is 0. The molecule has 3 nitrogen and oxygen atoms in total. The lowest BCUT2D eigenvalue weighted by molar-refractivity contribution is -0.0123. The Hall–Kier alpha value is -0.120. The molecule has 0 spiro atoms. The van der Waals surface area contributed by atoms with Crippen LogP contribution in [0.1, 0.15) is 51.9 Å². The molecule has 3 heteroatoms. The van der Waals surface area contributed by atoms with Gasteiger partial charge >= 0.3 is 0 Å². The maximum atomic E-state index is 10.4. The van der Waals surface area contributed by atoms with Gasteiger partial charge in [0.25, 0.3) is 0 Å². The Bertz CT molecular complexity index is 228. The number of aliphatic hydroxyl groups is 1. The lowest BCUT2D eigenvalue weighted by atomic mass is 9.79. The summed E-state index contributed by atoms with van der Waals surface area (Å²) in [6, 6.07) is 0. The van der Waals surface area contributed by atoms with Crippen LogP contribution in [0, 0.1) is 5.92 Å². The fourth-order valence-corrected chi connectivity index (χ4v) is 3.25. The molecule has 2 N–H and O–H groups in total. The predicted molar refractivity (Wildman–Crippen MR) is 69.0 cm³/mol. The second-order valence-corrected chi connectivity index (χ2v) is 6.03. The quantitative estimate of drug-likeness (QED) is 0.724. The fraction of sp³-hybridized carbons (Fsp3) is 1.00. The molecule has 1 aliphatic carbocycles. The van der Waals surface area contributed by atoms with Gasteiger partial charge in [-0.15, -0.1) is 0 Å². The van der Waals surface area contributed by atoms with Crippen LogP contribution in [0.5, 0.6) is 0 Å². The van der Waals surface area contributed by atoms with Crippen LogP contribution in [0.15, 0.2) is 0 Å². The highest BCUT2D eigenvalue weighted by molar-refractivity contribution is 4.87. The minimum atomic E-state index is -0.450. The Morgan fingerprint density at radius 2 is 2.24 bits per heavy atom. The van der Waals surface area contributed by atoms with Crippen molar-refractivity contribution in [2.45, 2.75) is 63.6 Å². The molecule has 3 atom stereocenters. The first-order valence-electron chi connectivity index (χ1n) is 7.23. The summed E-state index contributed by atoms with van der Waals surface area (Å²) in [4.78, 5) is 0. The van der Waals surface area contributed by atoms with Gasteiger partial charge in [-0.25, -0.2) is 0 Å². The van der Waals surface area contributed by atoms with Crippen molar-refractivity contribution in [3.8, 4) is 0 Å². The van der Waals surface area contributed by atoms with E-state index >= 15 is 0 Å². The molecule has 3 unspecified atom stereocenters. The molecule has 1 aliphatic heterocycles. The smallest absolute Gasteiger partial charge is 0.0774 e. The summed E-state index contributed by atoms with van der Waals surface area (Å²) >= 11 is 0. The van der Waals surface area contributed by atoms with Crippen LogP contribution in [-0.2, 0) is 4.74 Å². The lowest BCUT2D eigenvalue weighted by Crippen LogP contribution is -2.44. The van der Waals surface area contributed by atoms with Crippen molar-refractivity contribution in [3.63, 3.8) is 0 Å². The van der Waals surface area contributed by atoms with Crippen molar-refractivity contribution in [1.29, 1.82) is 0 Å². The zero-order valence-corrected chi connectivity index (χ0v) is 11.1. The molecule has 0 aromatic heterocycles. The molecule has 0 aromatic rings. The fourth-order valence-electron chi connectivity index (χ4n) is 3.25. The van der Waals surface area contributed by atoms with E-state index in [0.29, 0.717) is 12.0 Å². The highest BCUT2D eigenvalue weighted by atomic mass is 16.5. The summed E-state index contributed by atoms with van der Waals surface area (Å²) in [6.45, 7) is 4.91. The maximum Gasteiger partial charge on any atom is 0.0774 e. The average molecular weight is 241 g/mol. The summed E-state index contributed by atoms with van der Waals surface area (Å²) in [6.07, 6.45) is 8.34. The van der Waals surface area contributed by atoms with E-state index in [2.05, 4.69) is 12.2 Å². The van der Waals surface area contributed by atoms with E-state index in [0.717, 1.165) is 39.0 Å². The Morgan fingerprint density at radius 1 is 1.35 bits per heavy atom. The zero-order valence-electron chi connectivity index (χ0n) is 11.1. The minimum Gasteiger partial charge on any atom is -0.389 e. The summed E-state index contributed by atoms with van der Waals surface area (Å²) < 4.78 is 5.58. The first-order chi connectivity index (χ1) is 8.18. The van der Waals surface area contributed by atoms with Crippen LogP contribution in [0.25, 0.3) is 0 Å². The topological polar surface area (TPSA) is 41.5 Å². The van der Waals surface area contributed by atoms with E-state index in [9.17, 15) is 5.11 Å². The van der Waals surface area contributed by atoms with Gasteiger partial charge in [-0.3, -0.25) is 0 Å². The highest BCUT2D eigenvalue weighted by Gasteiger charge is 2.32. The molecule has 0 aromatic carbocycles. The maximum absolute atomic E-state index is 10.4. The van der Waals surface area contributed by atoms with Gasteiger partial charge in [0.15, 0.2) is 0 Å². The van der Waals surface area contributed by atoms with Gasteiger partial charge in [-0.2, -0.15) is 0 Å². The Labute approximate surface area is 105 Å². The average Bonchev–Trinajstić information content (AvgIpc) is 2.77. The summed E-state index contributed by atoms with van der Waals surface area (Å²) in [5.74, 6) is 0.675. The number of hydrogen-bond acceptors (Lipinski definition) is 3. The van der Waals surface area contributed by atoms with Crippen molar-refractivity contribution >= 4 is 0 Å². The predicted octanol–water partition coefficient (Wildman–Crippen LogP) is 2.09. The lowest BCUT2D eigenvalue weighted by Gasteiger charge is -2.35. The van der Waals surface area contributed by atoms with Crippen LogP contribution in [-0.4, -0.2) is 36.5 Å². The van der Waals surface area contributed by atoms with Crippen molar-refractivity contribution in [2.24, 2.45) is 5.92 Å².